The average molecular weight is 334 g/mol. The number of fused-ring (bicyclic) bond motifs is 1. The second-order valence-electron chi connectivity index (χ2n) is 6.68. The van der Waals surface area contributed by atoms with Crippen LogP contribution >= 0.6 is 0 Å². The summed E-state index contributed by atoms with van der Waals surface area (Å²) in [6, 6.07) is 10.2. The lowest BCUT2D eigenvalue weighted by molar-refractivity contribution is 0.100. The van der Waals surface area contributed by atoms with Gasteiger partial charge in [0, 0.05) is 29.9 Å². The predicted molar refractivity (Wildman–Crippen MR) is 99.2 cm³/mol. The zero-order valence-corrected chi connectivity index (χ0v) is 14.2. The van der Waals surface area contributed by atoms with E-state index in [0.717, 1.165) is 23.1 Å². The molecule has 3 N–H and O–H groups in total. The summed E-state index contributed by atoms with van der Waals surface area (Å²) in [5.74, 6) is -0.431. The van der Waals surface area contributed by atoms with Crippen molar-refractivity contribution in [3.63, 3.8) is 0 Å². The van der Waals surface area contributed by atoms with Crippen LogP contribution in [0.4, 0.5) is 0 Å². The van der Waals surface area contributed by atoms with Gasteiger partial charge in [0.2, 0.25) is 5.91 Å². The predicted octanol–water partition coefficient (Wildman–Crippen LogP) is 3.31. The molecule has 0 radical (unpaired) electrons. The summed E-state index contributed by atoms with van der Waals surface area (Å²) < 4.78 is 0. The molecule has 0 bridgehead atoms. The number of nitrogens with two attached hydrogens (primary N) is 1. The minimum absolute atomic E-state index is 0.431. The Kier molecular flexibility index (Phi) is 4.24. The van der Waals surface area contributed by atoms with Crippen LogP contribution in [0.15, 0.2) is 42.7 Å². The van der Waals surface area contributed by atoms with Crippen molar-refractivity contribution in [1.82, 2.24) is 14.9 Å². The van der Waals surface area contributed by atoms with Crippen LogP contribution in [-0.4, -0.2) is 33.9 Å². The van der Waals surface area contributed by atoms with E-state index in [2.05, 4.69) is 39.1 Å². The number of carbonyl (C=O) groups is 1. The highest BCUT2D eigenvalue weighted by atomic mass is 16.1. The van der Waals surface area contributed by atoms with Crippen LogP contribution in [0.1, 0.15) is 35.2 Å². The number of primary amides is 1. The van der Waals surface area contributed by atoms with Gasteiger partial charge in [0.25, 0.3) is 0 Å². The van der Waals surface area contributed by atoms with Crippen molar-refractivity contribution in [3.05, 3.63) is 53.9 Å². The Morgan fingerprint density at radius 1 is 1.12 bits per heavy atom. The van der Waals surface area contributed by atoms with Crippen molar-refractivity contribution < 1.29 is 4.79 Å². The first-order chi connectivity index (χ1) is 12.2. The van der Waals surface area contributed by atoms with Gasteiger partial charge in [-0.3, -0.25) is 9.69 Å². The summed E-state index contributed by atoms with van der Waals surface area (Å²) in [6.07, 6.45) is 7.43. The van der Waals surface area contributed by atoms with Crippen LogP contribution in [0.3, 0.4) is 0 Å². The van der Waals surface area contributed by atoms with E-state index in [9.17, 15) is 4.79 Å². The number of pyridine rings is 1. The Labute approximate surface area is 146 Å². The Bertz CT molecular complexity index is 892. The van der Waals surface area contributed by atoms with Crippen molar-refractivity contribution in [1.29, 1.82) is 0 Å². The minimum Gasteiger partial charge on any atom is -0.366 e. The Hall–Kier alpha value is -2.66. The number of likely N-dealkylation sites (tertiary alicyclic amines) is 1. The lowest BCUT2D eigenvalue weighted by Crippen LogP contribution is -2.29. The molecule has 0 unspecified atom stereocenters. The number of carbonyl (C=O) groups excluding carboxylic acids is 1. The fourth-order valence-electron chi connectivity index (χ4n) is 3.66. The zero-order valence-electron chi connectivity index (χ0n) is 14.2. The van der Waals surface area contributed by atoms with Crippen molar-refractivity contribution in [2.45, 2.75) is 25.8 Å². The number of nitrogens with one attached hydrogen (secondary N) is 1. The number of aromatic nitrogens is 2. The molecule has 2 aromatic heterocycles. The van der Waals surface area contributed by atoms with Gasteiger partial charge in [-0.2, -0.15) is 0 Å². The van der Waals surface area contributed by atoms with E-state index in [1.54, 1.807) is 12.4 Å². The molecule has 1 amide bonds. The van der Waals surface area contributed by atoms with E-state index in [1.165, 1.54) is 37.9 Å². The van der Waals surface area contributed by atoms with Crippen LogP contribution in [0.25, 0.3) is 22.2 Å². The summed E-state index contributed by atoms with van der Waals surface area (Å²) in [7, 11) is 0. The van der Waals surface area contributed by atoms with Gasteiger partial charge in [-0.05, 0) is 43.1 Å². The van der Waals surface area contributed by atoms with Gasteiger partial charge in [-0.1, -0.05) is 30.7 Å². The lowest BCUT2D eigenvalue weighted by Gasteiger charge is -2.26. The number of nitrogens with zero attached hydrogens (tertiary/aromatic N) is 2. The van der Waals surface area contributed by atoms with Crippen LogP contribution in [0.5, 0.6) is 0 Å². The van der Waals surface area contributed by atoms with E-state index >= 15 is 0 Å². The first-order valence-electron chi connectivity index (χ1n) is 8.80. The lowest BCUT2D eigenvalue weighted by atomic mass is 9.98. The highest BCUT2D eigenvalue weighted by Gasteiger charge is 2.16. The molecule has 5 heteroatoms. The maximum absolute atomic E-state index is 12.0. The van der Waals surface area contributed by atoms with E-state index in [4.69, 9.17) is 5.73 Å². The molecule has 25 heavy (non-hydrogen) atoms. The number of H-pyrrole nitrogens is 1. The van der Waals surface area contributed by atoms with Gasteiger partial charge in [0.1, 0.15) is 5.65 Å². The molecule has 0 aliphatic carbocycles. The number of benzene rings is 1. The van der Waals surface area contributed by atoms with Crippen molar-refractivity contribution >= 4 is 16.9 Å². The number of amides is 1. The molecule has 1 aliphatic rings. The maximum Gasteiger partial charge on any atom is 0.250 e. The first-order valence-corrected chi connectivity index (χ1v) is 8.80. The Morgan fingerprint density at radius 2 is 1.88 bits per heavy atom. The number of piperidine rings is 1. The fourth-order valence-corrected chi connectivity index (χ4v) is 3.66. The SMILES string of the molecule is NC(=O)c1c(-c2ccc(CN3CCCCC3)cc2)cnc2[nH]ccc12. The summed E-state index contributed by atoms with van der Waals surface area (Å²) in [5.41, 5.74) is 9.89. The molecule has 3 heterocycles. The maximum atomic E-state index is 12.0. The molecule has 0 saturated carbocycles. The van der Waals surface area contributed by atoms with Crippen molar-refractivity contribution in [2.75, 3.05) is 13.1 Å². The standard InChI is InChI=1S/C20H22N4O/c21-19(25)18-16-8-9-22-20(16)23-12-17(18)15-6-4-14(5-7-15)13-24-10-2-1-3-11-24/h4-9,12H,1-3,10-11,13H2,(H2,21,25)(H,22,23). The smallest absolute Gasteiger partial charge is 0.250 e. The van der Waals surface area contributed by atoms with Crippen LogP contribution < -0.4 is 5.73 Å². The Morgan fingerprint density at radius 3 is 2.60 bits per heavy atom. The summed E-state index contributed by atoms with van der Waals surface area (Å²) in [5, 5.41) is 0.766. The van der Waals surface area contributed by atoms with Gasteiger partial charge in [-0.25, -0.2) is 4.98 Å². The summed E-state index contributed by atoms with van der Waals surface area (Å²) in [4.78, 5) is 21.9. The Balaban J connectivity index is 1.64. The highest BCUT2D eigenvalue weighted by molar-refractivity contribution is 6.10. The third kappa shape index (κ3) is 3.15. The van der Waals surface area contributed by atoms with E-state index in [1.807, 2.05) is 6.07 Å². The molecule has 128 valence electrons. The quantitative estimate of drug-likeness (QED) is 0.768. The monoisotopic (exact) mass is 334 g/mol. The highest BCUT2D eigenvalue weighted by Crippen LogP contribution is 2.28. The van der Waals surface area contributed by atoms with Crippen LogP contribution in [-0.2, 0) is 6.54 Å². The number of hydrogen-bond acceptors (Lipinski definition) is 3. The molecule has 1 aliphatic heterocycles. The molecular weight excluding hydrogens is 312 g/mol. The van der Waals surface area contributed by atoms with Crippen molar-refractivity contribution in [2.24, 2.45) is 5.73 Å². The third-order valence-corrected chi connectivity index (χ3v) is 4.95. The molecular formula is C20H22N4O. The van der Waals surface area contributed by atoms with Gasteiger partial charge >= 0.3 is 0 Å². The van der Waals surface area contributed by atoms with Gasteiger partial charge in [-0.15, -0.1) is 0 Å². The van der Waals surface area contributed by atoms with E-state index < -0.39 is 5.91 Å². The van der Waals surface area contributed by atoms with Gasteiger partial charge in [0.05, 0.1) is 5.56 Å². The topological polar surface area (TPSA) is 75.0 Å². The molecule has 5 nitrogen and oxygen atoms in total. The zero-order chi connectivity index (χ0) is 17.2. The number of hydrogen-bond donors (Lipinski definition) is 2. The van der Waals surface area contributed by atoms with Gasteiger partial charge in [0.15, 0.2) is 0 Å². The number of aromatic amines is 1. The molecule has 1 fully saturated rings. The summed E-state index contributed by atoms with van der Waals surface area (Å²) in [6.45, 7) is 3.35. The second-order valence-corrected chi connectivity index (χ2v) is 6.68. The average Bonchev–Trinajstić information content (AvgIpc) is 3.11. The van der Waals surface area contributed by atoms with E-state index in [-0.39, 0.29) is 0 Å². The van der Waals surface area contributed by atoms with E-state index in [0.29, 0.717) is 11.2 Å². The molecule has 0 atom stereocenters. The third-order valence-electron chi connectivity index (χ3n) is 4.95. The van der Waals surface area contributed by atoms with Crippen LogP contribution in [0.2, 0.25) is 0 Å². The summed E-state index contributed by atoms with van der Waals surface area (Å²) >= 11 is 0. The fraction of sp³-hybridized carbons (Fsp3) is 0.300. The molecule has 3 aromatic rings. The normalized spacial score (nSPS) is 15.5. The largest absolute Gasteiger partial charge is 0.366 e. The minimum atomic E-state index is -0.431. The first kappa shape index (κ1) is 15.8. The van der Waals surface area contributed by atoms with Crippen molar-refractivity contribution in [3.8, 4) is 11.1 Å². The molecule has 0 spiro atoms. The van der Waals surface area contributed by atoms with Gasteiger partial charge < -0.3 is 10.7 Å². The molecule has 1 aromatic carbocycles. The second kappa shape index (κ2) is 6.69. The van der Waals surface area contributed by atoms with Crippen LogP contribution in [0, 0.1) is 0 Å². The molecule has 1 saturated heterocycles. The molecule has 4 rings (SSSR count). The number of rotatable bonds is 4.